The van der Waals surface area contributed by atoms with Gasteiger partial charge < -0.3 is 10.6 Å². The number of carbonyl (C=O) groups is 1. The molecule has 2 N–H and O–H groups in total. The number of nitrogens with two attached hydrogens (primary N) is 1. The van der Waals surface area contributed by atoms with Gasteiger partial charge in [-0.15, -0.1) is 0 Å². The molecule has 0 radical (unpaired) electrons. The van der Waals surface area contributed by atoms with Crippen LogP contribution in [0.5, 0.6) is 0 Å². The Hall–Kier alpha value is -0.990. The molecule has 76 valence electrons. The molecule has 0 rings (SSSR count). The van der Waals surface area contributed by atoms with Gasteiger partial charge in [0.2, 0.25) is 5.91 Å². The fraction of sp³-hybridized carbons (Fsp3) is 0.700. The summed E-state index contributed by atoms with van der Waals surface area (Å²) >= 11 is 0. The number of unbranched alkanes of at least 4 members (excludes halogenated alkanes) is 1. The molecule has 0 atom stereocenters. The summed E-state index contributed by atoms with van der Waals surface area (Å²) in [5.41, 5.74) is 6.95. The second-order valence-electron chi connectivity index (χ2n) is 3.43. The molecule has 0 unspecified atom stereocenters. The zero-order chi connectivity index (χ0) is 10.4. The standard InChI is InChI=1S/C10H20N2O/c1-5-6-7-9(12(3)4)8(2)10(11)13/h5-7H2,1-4H3,(H2,11,13)/b9-8-. The molecule has 0 saturated heterocycles. The van der Waals surface area contributed by atoms with Crippen LogP contribution in [-0.2, 0) is 4.79 Å². The second kappa shape index (κ2) is 5.62. The molecule has 0 aromatic carbocycles. The number of allylic oxidation sites excluding steroid dienone is 1. The number of primary amides is 1. The number of carbonyl (C=O) groups excluding carboxylic acids is 1. The van der Waals surface area contributed by atoms with Crippen molar-refractivity contribution in [1.82, 2.24) is 4.90 Å². The maximum atomic E-state index is 10.9. The van der Waals surface area contributed by atoms with E-state index in [0.717, 1.165) is 25.0 Å². The highest BCUT2D eigenvalue weighted by Gasteiger charge is 2.08. The lowest BCUT2D eigenvalue weighted by atomic mass is 10.1. The van der Waals surface area contributed by atoms with Crippen molar-refractivity contribution in [3.05, 3.63) is 11.3 Å². The molecule has 0 fully saturated rings. The molecule has 3 nitrogen and oxygen atoms in total. The van der Waals surface area contributed by atoms with Crippen LogP contribution in [0, 0.1) is 0 Å². The van der Waals surface area contributed by atoms with Gasteiger partial charge in [-0.1, -0.05) is 13.3 Å². The van der Waals surface area contributed by atoms with Gasteiger partial charge in [0.25, 0.3) is 0 Å². The number of rotatable bonds is 5. The average molecular weight is 184 g/mol. The Kier molecular flexibility index (Phi) is 5.19. The van der Waals surface area contributed by atoms with E-state index in [1.54, 1.807) is 6.92 Å². The fourth-order valence-corrected chi connectivity index (χ4v) is 1.23. The van der Waals surface area contributed by atoms with Crippen molar-refractivity contribution >= 4 is 5.91 Å². The van der Waals surface area contributed by atoms with Gasteiger partial charge in [0.15, 0.2) is 0 Å². The number of nitrogens with zero attached hydrogens (tertiary/aromatic N) is 1. The first-order valence-corrected chi connectivity index (χ1v) is 4.67. The van der Waals surface area contributed by atoms with Gasteiger partial charge in [0.1, 0.15) is 0 Å². The highest BCUT2D eigenvalue weighted by Crippen LogP contribution is 2.14. The van der Waals surface area contributed by atoms with Crippen LogP contribution in [0.1, 0.15) is 33.1 Å². The van der Waals surface area contributed by atoms with Crippen LogP contribution in [0.4, 0.5) is 0 Å². The molecular weight excluding hydrogens is 164 g/mol. The van der Waals surface area contributed by atoms with Crippen LogP contribution < -0.4 is 5.73 Å². The molecule has 0 aliphatic rings. The van der Waals surface area contributed by atoms with E-state index in [1.165, 1.54) is 0 Å². The zero-order valence-electron chi connectivity index (χ0n) is 9.05. The van der Waals surface area contributed by atoms with Crippen molar-refractivity contribution in [3.63, 3.8) is 0 Å². The van der Waals surface area contributed by atoms with E-state index in [0.29, 0.717) is 5.57 Å². The van der Waals surface area contributed by atoms with E-state index in [9.17, 15) is 4.79 Å². The van der Waals surface area contributed by atoms with Gasteiger partial charge in [0, 0.05) is 25.4 Å². The summed E-state index contributed by atoms with van der Waals surface area (Å²) in [6, 6.07) is 0. The molecule has 0 bridgehead atoms. The van der Waals surface area contributed by atoms with Gasteiger partial charge >= 0.3 is 0 Å². The molecular formula is C10H20N2O. The Bertz CT molecular complexity index is 207. The Labute approximate surface area is 80.6 Å². The third kappa shape index (κ3) is 3.97. The lowest BCUT2D eigenvalue weighted by Gasteiger charge is -2.19. The topological polar surface area (TPSA) is 46.3 Å². The van der Waals surface area contributed by atoms with E-state index in [2.05, 4.69) is 6.92 Å². The minimum absolute atomic E-state index is 0.320. The Morgan fingerprint density at radius 3 is 2.23 bits per heavy atom. The van der Waals surface area contributed by atoms with Crippen LogP contribution in [-0.4, -0.2) is 24.9 Å². The van der Waals surface area contributed by atoms with Crippen LogP contribution >= 0.6 is 0 Å². The van der Waals surface area contributed by atoms with Crippen LogP contribution in [0.2, 0.25) is 0 Å². The lowest BCUT2D eigenvalue weighted by Crippen LogP contribution is -2.20. The summed E-state index contributed by atoms with van der Waals surface area (Å²) < 4.78 is 0. The normalized spacial score (nSPS) is 12.3. The minimum Gasteiger partial charge on any atom is -0.381 e. The summed E-state index contributed by atoms with van der Waals surface area (Å²) in [6.07, 6.45) is 3.15. The molecule has 0 aliphatic carbocycles. The molecule has 3 heteroatoms. The maximum absolute atomic E-state index is 10.9. The molecule has 0 saturated carbocycles. The third-order valence-corrected chi connectivity index (χ3v) is 2.11. The highest BCUT2D eigenvalue weighted by atomic mass is 16.1. The summed E-state index contributed by atoms with van der Waals surface area (Å²) in [4.78, 5) is 12.9. The SMILES string of the molecule is CCCC/C(=C(\C)C(N)=O)N(C)C. The van der Waals surface area contributed by atoms with E-state index in [4.69, 9.17) is 5.73 Å². The quantitative estimate of drug-likeness (QED) is 0.658. The first-order chi connectivity index (χ1) is 6.00. The largest absolute Gasteiger partial charge is 0.381 e. The van der Waals surface area contributed by atoms with Crippen LogP contribution in [0.15, 0.2) is 11.3 Å². The van der Waals surface area contributed by atoms with Crippen molar-refractivity contribution in [1.29, 1.82) is 0 Å². The Morgan fingerprint density at radius 1 is 1.38 bits per heavy atom. The van der Waals surface area contributed by atoms with Crippen molar-refractivity contribution in [3.8, 4) is 0 Å². The smallest absolute Gasteiger partial charge is 0.246 e. The summed E-state index contributed by atoms with van der Waals surface area (Å²) in [5, 5.41) is 0. The third-order valence-electron chi connectivity index (χ3n) is 2.11. The molecule has 0 heterocycles. The summed E-state index contributed by atoms with van der Waals surface area (Å²) in [5.74, 6) is -0.320. The first kappa shape index (κ1) is 12.0. The maximum Gasteiger partial charge on any atom is 0.246 e. The summed E-state index contributed by atoms with van der Waals surface area (Å²) in [6.45, 7) is 3.92. The minimum atomic E-state index is -0.320. The predicted molar refractivity (Wildman–Crippen MR) is 55.1 cm³/mol. The molecule has 13 heavy (non-hydrogen) atoms. The van der Waals surface area contributed by atoms with E-state index in [-0.39, 0.29) is 5.91 Å². The predicted octanol–water partition coefficient (Wildman–Crippen LogP) is 1.50. The van der Waals surface area contributed by atoms with E-state index in [1.807, 2.05) is 19.0 Å². The molecule has 0 spiro atoms. The fourth-order valence-electron chi connectivity index (χ4n) is 1.23. The van der Waals surface area contributed by atoms with Gasteiger partial charge in [0.05, 0.1) is 0 Å². The van der Waals surface area contributed by atoms with Crippen molar-refractivity contribution in [2.24, 2.45) is 5.73 Å². The van der Waals surface area contributed by atoms with E-state index < -0.39 is 0 Å². The van der Waals surface area contributed by atoms with E-state index >= 15 is 0 Å². The van der Waals surface area contributed by atoms with Crippen molar-refractivity contribution < 1.29 is 4.79 Å². The molecule has 0 aliphatic heterocycles. The Balaban J connectivity index is 4.57. The van der Waals surface area contributed by atoms with Gasteiger partial charge in [-0.2, -0.15) is 0 Å². The highest BCUT2D eigenvalue weighted by molar-refractivity contribution is 5.91. The molecule has 1 amide bonds. The van der Waals surface area contributed by atoms with Crippen LogP contribution in [0.25, 0.3) is 0 Å². The van der Waals surface area contributed by atoms with Crippen LogP contribution in [0.3, 0.4) is 0 Å². The lowest BCUT2D eigenvalue weighted by molar-refractivity contribution is -0.114. The summed E-state index contributed by atoms with van der Waals surface area (Å²) in [7, 11) is 3.88. The van der Waals surface area contributed by atoms with Gasteiger partial charge in [-0.05, 0) is 19.8 Å². The van der Waals surface area contributed by atoms with Crippen molar-refractivity contribution in [2.45, 2.75) is 33.1 Å². The number of hydrogen-bond donors (Lipinski definition) is 1. The molecule has 0 aromatic heterocycles. The molecule has 0 aromatic rings. The first-order valence-electron chi connectivity index (χ1n) is 4.67. The van der Waals surface area contributed by atoms with Crippen molar-refractivity contribution in [2.75, 3.05) is 14.1 Å². The average Bonchev–Trinajstić information content (AvgIpc) is 2.04. The second-order valence-corrected chi connectivity index (χ2v) is 3.43. The van der Waals surface area contributed by atoms with Gasteiger partial charge in [-0.25, -0.2) is 0 Å². The zero-order valence-corrected chi connectivity index (χ0v) is 9.05. The number of hydrogen-bond acceptors (Lipinski definition) is 2. The monoisotopic (exact) mass is 184 g/mol. The van der Waals surface area contributed by atoms with Gasteiger partial charge in [-0.3, -0.25) is 4.79 Å². The number of amides is 1. The Morgan fingerprint density at radius 2 is 1.92 bits per heavy atom.